The molecule has 2 atom stereocenters. The van der Waals surface area contributed by atoms with Gasteiger partial charge < -0.3 is 19.3 Å². The van der Waals surface area contributed by atoms with Crippen molar-refractivity contribution in [3.05, 3.63) is 66.2 Å². The maximum absolute atomic E-state index is 13.9. The van der Waals surface area contributed by atoms with Crippen molar-refractivity contribution in [2.75, 3.05) is 40.0 Å². The molecule has 2 amide bonds. The van der Waals surface area contributed by atoms with Crippen molar-refractivity contribution < 1.29 is 22.7 Å². The normalized spacial score (nSPS) is 21.2. The summed E-state index contributed by atoms with van der Waals surface area (Å²) in [6.45, 7) is 2.56. The lowest BCUT2D eigenvalue weighted by Crippen LogP contribution is -2.61. The monoisotopic (exact) mass is 509 g/mol. The fourth-order valence-electron chi connectivity index (χ4n) is 4.40. The SMILES string of the molecule is COC1CCN(C(=O)N2CCOCC2)C(N(Cc2ccccc2)S(=O)(=O)c2ccccc2)C1.Cl. The molecule has 2 saturated heterocycles. The van der Waals surface area contributed by atoms with Crippen LogP contribution in [0.25, 0.3) is 0 Å². The maximum atomic E-state index is 13.9. The second kappa shape index (κ2) is 12.0. The third-order valence-electron chi connectivity index (χ3n) is 6.25. The van der Waals surface area contributed by atoms with Gasteiger partial charge in [0.1, 0.15) is 6.17 Å². The van der Waals surface area contributed by atoms with Gasteiger partial charge in [-0.2, -0.15) is 4.31 Å². The molecular weight excluding hydrogens is 478 g/mol. The summed E-state index contributed by atoms with van der Waals surface area (Å²) >= 11 is 0. The summed E-state index contributed by atoms with van der Waals surface area (Å²) in [5.41, 5.74) is 0.857. The summed E-state index contributed by atoms with van der Waals surface area (Å²) in [7, 11) is -2.25. The highest BCUT2D eigenvalue weighted by atomic mass is 35.5. The Morgan fingerprint density at radius 3 is 2.26 bits per heavy atom. The Morgan fingerprint density at radius 1 is 1.03 bits per heavy atom. The Labute approximate surface area is 207 Å². The second-order valence-corrected chi connectivity index (χ2v) is 10.2. The summed E-state index contributed by atoms with van der Waals surface area (Å²) in [5.74, 6) is 0. The van der Waals surface area contributed by atoms with Gasteiger partial charge in [-0.25, -0.2) is 13.2 Å². The number of benzene rings is 2. The lowest BCUT2D eigenvalue weighted by Gasteiger charge is -2.46. The number of nitrogens with zero attached hydrogens (tertiary/aromatic N) is 3. The van der Waals surface area contributed by atoms with Gasteiger partial charge in [-0.3, -0.25) is 0 Å². The van der Waals surface area contributed by atoms with E-state index < -0.39 is 16.2 Å². The molecule has 2 aliphatic rings. The van der Waals surface area contributed by atoms with Crippen LogP contribution in [0.15, 0.2) is 65.6 Å². The van der Waals surface area contributed by atoms with Gasteiger partial charge in [0, 0.05) is 39.7 Å². The molecular formula is C24H32ClN3O5S. The van der Waals surface area contributed by atoms with E-state index >= 15 is 0 Å². The van der Waals surface area contributed by atoms with Gasteiger partial charge in [0.2, 0.25) is 10.0 Å². The van der Waals surface area contributed by atoms with Crippen LogP contribution in [-0.4, -0.2) is 80.8 Å². The van der Waals surface area contributed by atoms with Crippen LogP contribution in [-0.2, 0) is 26.0 Å². The van der Waals surface area contributed by atoms with Crippen molar-refractivity contribution in [2.24, 2.45) is 0 Å². The number of rotatable bonds is 6. The minimum atomic E-state index is -3.89. The van der Waals surface area contributed by atoms with Crippen molar-refractivity contribution in [3.63, 3.8) is 0 Å². The van der Waals surface area contributed by atoms with Crippen molar-refractivity contribution in [1.82, 2.24) is 14.1 Å². The van der Waals surface area contributed by atoms with E-state index in [2.05, 4.69) is 0 Å². The first-order chi connectivity index (χ1) is 16.0. The van der Waals surface area contributed by atoms with E-state index in [0.717, 1.165) is 5.56 Å². The molecule has 2 aromatic carbocycles. The van der Waals surface area contributed by atoms with Gasteiger partial charge in [-0.05, 0) is 24.1 Å². The van der Waals surface area contributed by atoms with Gasteiger partial charge in [0.15, 0.2) is 0 Å². The molecule has 0 radical (unpaired) electrons. The van der Waals surface area contributed by atoms with Crippen molar-refractivity contribution in [1.29, 1.82) is 0 Å². The minimum absolute atomic E-state index is 0. The zero-order valence-corrected chi connectivity index (χ0v) is 20.9. The van der Waals surface area contributed by atoms with E-state index in [1.165, 1.54) is 4.31 Å². The summed E-state index contributed by atoms with van der Waals surface area (Å²) in [6, 6.07) is 17.7. The molecule has 2 heterocycles. The molecule has 0 aliphatic carbocycles. The van der Waals surface area contributed by atoms with E-state index in [-0.39, 0.29) is 36.0 Å². The van der Waals surface area contributed by atoms with Gasteiger partial charge in [-0.15, -0.1) is 12.4 Å². The van der Waals surface area contributed by atoms with E-state index in [4.69, 9.17) is 9.47 Å². The highest BCUT2D eigenvalue weighted by Crippen LogP contribution is 2.30. The quantitative estimate of drug-likeness (QED) is 0.597. The molecule has 10 heteroatoms. The Kier molecular flexibility index (Phi) is 9.32. The van der Waals surface area contributed by atoms with Crippen LogP contribution in [0.1, 0.15) is 18.4 Å². The number of amides is 2. The first-order valence-electron chi connectivity index (χ1n) is 11.3. The molecule has 0 N–H and O–H groups in total. The number of carbonyl (C=O) groups is 1. The molecule has 34 heavy (non-hydrogen) atoms. The number of likely N-dealkylation sites (tertiary alicyclic amines) is 1. The Bertz CT molecular complexity index is 1020. The smallest absolute Gasteiger partial charge is 0.321 e. The average Bonchev–Trinajstić information content (AvgIpc) is 2.88. The van der Waals surface area contributed by atoms with Crippen LogP contribution in [0.3, 0.4) is 0 Å². The average molecular weight is 510 g/mol. The summed E-state index contributed by atoms with van der Waals surface area (Å²) in [4.78, 5) is 17.2. The summed E-state index contributed by atoms with van der Waals surface area (Å²) < 4.78 is 40.3. The van der Waals surface area contributed by atoms with Crippen LogP contribution in [0, 0.1) is 0 Å². The van der Waals surface area contributed by atoms with Gasteiger partial charge in [0.05, 0.1) is 24.2 Å². The van der Waals surface area contributed by atoms with Crippen LogP contribution in [0.2, 0.25) is 0 Å². The fourth-order valence-corrected chi connectivity index (χ4v) is 6.01. The predicted octanol–water partition coefficient (Wildman–Crippen LogP) is 3.19. The number of hydrogen-bond acceptors (Lipinski definition) is 5. The van der Waals surface area contributed by atoms with Gasteiger partial charge in [-0.1, -0.05) is 48.5 Å². The molecule has 0 aromatic heterocycles. The van der Waals surface area contributed by atoms with E-state index in [1.807, 2.05) is 30.3 Å². The number of halogens is 1. The number of piperidine rings is 1. The third kappa shape index (κ3) is 5.90. The number of carbonyl (C=O) groups excluding carboxylic acids is 1. The number of methoxy groups -OCH3 is 1. The maximum Gasteiger partial charge on any atom is 0.321 e. The van der Waals surface area contributed by atoms with Crippen LogP contribution < -0.4 is 0 Å². The summed E-state index contributed by atoms with van der Waals surface area (Å²) in [5, 5.41) is 0. The lowest BCUT2D eigenvalue weighted by atomic mass is 10.0. The molecule has 4 rings (SSSR count). The number of ether oxygens (including phenoxy) is 2. The van der Waals surface area contributed by atoms with Crippen molar-refractivity contribution >= 4 is 28.5 Å². The largest absolute Gasteiger partial charge is 0.381 e. The zero-order valence-electron chi connectivity index (χ0n) is 19.3. The zero-order chi connectivity index (χ0) is 23.3. The fraction of sp³-hybridized carbons (Fsp3) is 0.458. The van der Waals surface area contributed by atoms with Crippen molar-refractivity contribution in [2.45, 2.75) is 36.6 Å². The minimum Gasteiger partial charge on any atom is -0.381 e. The molecule has 186 valence electrons. The van der Waals surface area contributed by atoms with Crippen molar-refractivity contribution in [3.8, 4) is 0 Å². The first kappa shape index (κ1) is 26.4. The molecule has 2 aromatic rings. The van der Waals surface area contributed by atoms with Gasteiger partial charge in [0.25, 0.3) is 0 Å². The van der Waals surface area contributed by atoms with Crippen LogP contribution >= 0.6 is 12.4 Å². The standard InChI is InChI=1S/C24H31N3O5S.ClH/c1-31-21-12-13-26(24(28)25-14-16-32-17-15-25)23(18-21)27(19-20-8-4-2-5-9-20)33(29,30)22-10-6-3-7-11-22;/h2-11,21,23H,12-19H2,1H3;1H. The molecule has 0 bridgehead atoms. The second-order valence-electron chi connectivity index (χ2n) is 8.29. The number of sulfonamides is 1. The Hall–Kier alpha value is -2.17. The lowest BCUT2D eigenvalue weighted by molar-refractivity contribution is -0.0227. The molecule has 0 saturated carbocycles. The number of hydrogen-bond donors (Lipinski definition) is 0. The topological polar surface area (TPSA) is 79.4 Å². The van der Waals surface area contributed by atoms with E-state index in [0.29, 0.717) is 45.7 Å². The molecule has 8 nitrogen and oxygen atoms in total. The summed E-state index contributed by atoms with van der Waals surface area (Å²) in [6.07, 6.45) is 0.275. The van der Waals surface area contributed by atoms with Gasteiger partial charge >= 0.3 is 6.03 Å². The Balaban J connectivity index is 0.00000324. The first-order valence-corrected chi connectivity index (χ1v) is 12.7. The van der Waals surface area contributed by atoms with Crippen LogP contribution in [0.5, 0.6) is 0 Å². The third-order valence-corrected chi connectivity index (χ3v) is 8.11. The number of morpholine rings is 1. The molecule has 2 fully saturated rings. The molecule has 0 spiro atoms. The predicted molar refractivity (Wildman–Crippen MR) is 131 cm³/mol. The van der Waals surface area contributed by atoms with E-state index in [9.17, 15) is 13.2 Å². The number of urea groups is 1. The highest BCUT2D eigenvalue weighted by molar-refractivity contribution is 7.89. The molecule has 2 unspecified atom stereocenters. The Morgan fingerprint density at radius 2 is 1.65 bits per heavy atom. The molecule has 2 aliphatic heterocycles. The van der Waals surface area contributed by atoms with E-state index in [1.54, 1.807) is 47.2 Å². The van der Waals surface area contributed by atoms with Crippen LogP contribution in [0.4, 0.5) is 4.79 Å². The highest BCUT2D eigenvalue weighted by Gasteiger charge is 2.42.